The summed E-state index contributed by atoms with van der Waals surface area (Å²) in [6.07, 6.45) is 0. The Balaban J connectivity index is 2.02. The molecule has 1 aliphatic heterocycles. The lowest BCUT2D eigenvalue weighted by molar-refractivity contribution is -0.132. The fourth-order valence-electron chi connectivity index (χ4n) is 4.08. The molecule has 1 unspecified atom stereocenters. The van der Waals surface area contributed by atoms with Crippen LogP contribution in [0.3, 0.4) is 0 Å². The first kappa shape index (κ1) is 23.7. The summed E-state index contributed by atoms with van der Waals surface area (Å²) in [6.45, 7) is 3.57. The summed E-state index contributed by atoms with van der Waals surface area (Å²) in [7, 11) is 2.74. The minimum atomic E-state index is -1.03. The van der Waals surface area contributed by atoms with Crippen LogP contribution in [0.15, 0.2) is 52.5 Å². The van der Waals surface area contributed by atoms with Crippen molar-refractivity contribution in [3.8, 4) is 11.5 Å². The lowest BCUT2D eigenvalue weighted by Gasteiger charge is -2.25. The number of furan rings is 1. The molecule has 7 nitrogen and oxygen atoms in total. The van der Waals surface area contributed by atoms with Gasteiger partial charge in [-0.2, -0.15) is 0 Å². The average molecular weight is 502 g/mol. The van der Waals surface area contributed by atoms with Gasteiger partial charge in [-0.3, -0.25) is 14.5 Å². The van der Waals surface area contributed by atoms with E-state index < -0.39 is 23.5 Å². The van der Waals surface area contributed by atoms with Crippen molar-refractivity contribution < 1.29 is 28.6 Å². The Kier molecular flexibility index (Phi) is 6.34. The predicted octanol–water partition coefficient (Wildman–Crippen LogP) is 5.85. The van der Waals surface area contributed by atoms with E-state index in [4.69, 9.17) is 37.1 Å². The molecule has 1 atom stereocenters. The Bertz CT molecular complexity index is 1340. The van der Waals surface area contributed by atoms with Crippen LogP contribution < -0.4 is 14.4 Å². The van der Waals surface area contributed by atoms with Gasteiger partial charge in [0.25, 0.3) is 11.7 Å². The van der Waals surface area contributed by atoms with Gasteiger partial charge in [0.05, 0.1) is 30.4 Å². The van der Waals surface area contributed by atoms with E-state index in [1.807, 2.05) is 19.1 Å². The number of nitrogens with zero attached hydrogens (tertiary/aromatic N) is 1. The summed E-state index contributed by atoms with van der Waals surface area (Å²) in [6, 6.07) is 10.9. The zero-order chi connectivity index (χ0) is 24.7. The van der Waals surface area contributed by atoms with Crippen LogP contribution in [0.2, 0.25) is 10.0 Å². The summed E-state index contributed by atoms with van der Waals surface area (Å²) in [5.41, 5.74) is 1.14. The Morgan fingerprint density at radius 2 is 1.71 bits per heavy atom. The fraction of sp³-hybridized carbons (Fsp3) is 0.200. The number of aliphatic hydroxyl groups excluding tert-OH is 1. The van der Waals surface area contributed by atoms with Crippen LogP contribution in [0.1, 0.15) is 28.7 Å². The zero-order valence-corrected chi connectivity index (χ0v) is 20.3. The Morgan fingerprint density at radius 1 is 1.03 bits per heavy atom. The SMILES string of the molecule is COc1c(Cl)cc(/C(O)=C2\C(=O)C(=O)N(c3ccccc3C)C2c2ccc(C)o2)c(OC)c1Cl. The van der Waals surface area contributed by atoms with E-state index in [1.165, 1.54) is 25.2 Å². The van der Waals surface area contributed by atoms with E-state index >= 15 is 0 Å². The topological polar surface area (TPSA) is 89.2 Å². The van der Waals surface area contributed by atoms with Crippen LogP contribution in [0.4, 0.5) is 5.69 Å². The number of methoxy groups -OCH3 is 2. The highest BCUT2D eigenvalue weighted by molar-refractivity contribution is 6.52. The molecule has 0 bridgehead atoms. The maximum atomic E-state index is 13.3. The molecule has 0 aliphatic carbocycles. The van der Waals surface area contributed by atoms with Gasteiger partial charge in [0.2, 0.25) is 0 Å². The van der Waals surface area contributed by atoms with Gasteiger partial charge < -0.3 is 19.0 Å². The summed E-state index contributed by atoms with van der Waals surface area (Å²) >= 11 is 12.7. The minimum Gasteiger partial charge on any atom is -0.507 e. The first-order valence-corrected chi connectivity index (χ1v) is 11.0. The van der Waals surface area contributed by atoms with Crippen LogP contribution >= 0.6 is 23.2 Å². The molecule has 4 rings (SSSR count). The van der Waals surface area contributed by atoms with Gasteiger partial charge in [0.1, 0.15) is 28.3 Å². The maximum absolute atomic E-state index is 13.3. The molecule has 1 amide bonds. The van der Waals surface area contributed by atoms with Gasteiger partial charge in [-0.25, -0.2) is 0 Å². The molecule has 9 heteroatoms. The molecule has 2 aromatic carbocycles. The summed E-state index contributed by atoms with van der Waals surface area (Å²) in [5.74, 6) is -1.11. The van der Waals surface area contributed by atoms with Crippen molar-refractivity contribution in [1.82, 2.24) is 0 Å². The minimum absolute atomic E-state index is 0.0116. The molecule has 0 saturated carbocycles. The third-order valence-electron chi connectivity index (χ3n) is 5.64. The van der Waals surface area contributed by atoms with Crippen molar-refractivity contribution in [3.05, 3.63) is 80.7 Å². The summed E-state index contributed by atoms with van der Waals surface area (Å²) in [4.78, 5) is 27.9. The Hall–Kier alpha value is -3.42. The number of benzene rings is 2. The van der Waals surface area contributed by atoms with Crippen molar-refractivity contribution in [2.24, 2.45) is 0 Å². The Labute approximate surface area is 206 Å². The van der Waals surface area contributed by atoms with Crippen LogP contribution in [0.5, 0.6) is 11.5 Å². The van der Waals surface area contributed by atoms with Gasteiger partial charge in [-0.1, -0.05) is 41.4 Å². The molecular weight excluding hydrogens is 481 g/mol. The standard InChI is InChI=1S/C25H21Cl2NO6/c1-12-7-5-6-8-16(12)28-20(17-10-9-13(2)34-17)18(22(30)25(28)31)21(29)14-11-15(26)24(33-4)19(27)23(14)32-3/h5-11,20,29H,1-4H3/b21-18+. The van der Waals surface area contributed by atoms with Crippen LogP contribution in [-0.4, -0.2) is 31.0 Å². The summed E-state index contributed by atoms with van der Waals surface area (Å²) in [5, 5.41) is 11.5. The number of carbonyl (C=O) groups is 2. The largest absolute Gasteiger partial charge is 0.507 e. The molecule has 0 radical (unpaired) electrons. The third kappa shape index (κ3) is 3.71. The Morgan fingerprint density at radius 3 is 2.29 bits per heavy atom. The second kappa shape index (κ2) is 9.08. The third-order valence-corrected chi connectivity index (χ3v) is 6.27. The number of hydrogen-bond acceptors (Lipinski definition) is 6. The number of ketones is 1. The number of aliphatic hydroxyl groups is 1. The van der Waals surface area contributed by atoms with E-state index in [0.717, 1.165) is 5.56 Å². The molecule has 3 aromatic rings. The second-order valence-corrected chi connectivity index (χ2v) is 8.48. The second-order valence-electron chi connectivity index (χ2n) is 7.69. The summed E-state index contributed by atoms with van der Waals surface area (Å²) < 4.78 is 16.4. The highest BCUT2D eigenvalue weighted by Gasteiger charge is 2.49. The lowest BCUT2D eigenvalue weighted by atomic mass is 9.98. The van der Waals surface area contributed by atoms with E-state index in [2.05, 4.69) is 0 Å². The molecule has 1 aliphatic rings. The van der Waals surface area contributed by atoms with E-state index in [1.54, 1.807) is 31.2 Å². The van der Waals surface area contributed by atoms with Crippen molar-refractivity contribution in [3.63, 3.8) is 0 Å². The van der Waals surface area contributed by atoms with Gasteiger partial charge in [-0.15, -0.1) is 0 Å². The highest BCUT2D eigenvalue weighted by Crippen LogP contribution is 2.48. The number of Topliss-reactive ketones (excluding diaryl/α,β-unsaturated/α-hetero) is 1. The van der Waals surface area contributed by atoms with E-state index in [9.17, 15) is 14.7 Å². The first-order chi connectivity index (χ1) is 16.2. The molecular formula is C25H21Cl2NO6. The highest BCUT2D eigenvalue weighted by atomic mass is 35.5. The average Bonchev–Trinajstić information content (AvgIpc) is 3.34. The molecule has 1 N–H and O–H groups in total. The quantitative estimate of drug-likeness (QED) is 0.268. The molecule has 1 saturated heterocycles. The molecule has 34 heavy (non-hydrogen) atoms. The van der Waals surface area contributed by atoms with Crippen LogP contribution in [0.25, 0.3) is 5.76 Å². The number of amides is 1. The van der Waals surface area contributed by atoms with Crippen molar-refractivity contribution in [2.45, 2.75) is 19.9 Å². The van der Waals surface area contributed by atoms with Crippen LogP contribution in [-0.2, 0) is 9.59 Å². The number of para-hydroxylation sites is 1. The number of anilines is 1. The molecule has 1 fully saturated rings. The molecule has 0 spiro atoms. The monoisotopic (exact) mass is 501 g/mol. The number of hydrogen-bond donors (Lipinski definition) is 1. The van der Waals surface area contributed by atoms with Crippen molar-refractivity contribution in [1.29, 1.82) is 0 Å². The number of rotatable bonds is 5. The maximum Gasteiger partial charge on any atom is 0.300 e. The van der Waals surface area contributed by atoms with Gasteiger partial charge in [0.15, 0.2) is 11.5 Å². The van der Waals surface area contributed by atoms with Gasteiger partial charge in [0, 0.05) is 5.69 Å². The van der Waals surface area contributed by atoms with E-state index in [-0.39, 0.29) is 32.7 Å². The van der Waals surface area contributed by atoms with Crippen molar-refractivity contribution in [2.75, 3.05) is 19.1 Å². The normalized spacial score (nSPS) is 17.4. The lowest BCUT2D eigenvalue weighted by Crippen LogP contribution is -2.29. The molecule has 2 heterocycles. The fourth-order valence-corrected chi connectivity index (χ4v) is 4.76. The number of carbonyl (C=O) groups excluding carboxylic acids is 2. The zero-order valence-electron chi connectivity index (χ0n) is 18.8. The number of aryl methyl sites for hydroxylation is 2. The molecule has 1 aromatic heterocycles. The molecule has 176 valence electrons. The smallest absolute Gasteiger partial charge is 0.300 e. The predicted molar refractivity (Wildman–Crippen MR) is 129 cm³/mol. The van der Waals surface area contributed by atoms with Gasteiger partial charge in [-0.05, 0) is 43.7 Å². The number of halogens is 2. The van der Waals surface area contributed by atoms with Gasteiger partial charge >= 0.3 is 0 Å². The first-order valence-electron chi connectivity index (χ1n) is 10.2. The van der Waals surface area contributed by atoms with Crippen LogP contribution in [0, 0.1) is 13.8 Å². The van der Waals surface area contributed by atoms with Crippen molar-refractivity contribution >= 4 is 46.3 Å². The number of ether oxygens (including phenoxy) is 2. The van der Waals surface area contributed by atoms with E-state index in [0.29, 0.717) is 17.2 Å².